The number of carbonyl (C=O) groups excluding carboxylic acids is 1. The molecule has 1 atom stereocenters. The van der Waals surface area contributed by atoms with Gasteiger partial charge in [0.25, 0.3) is 5.91 Å². The molecule has 1 amide bonds. The number of hydrogen-bond donors (Lipinski definition) is 1. The molecule has 2 aromatic carbocycles. The van der Waals surface area contributed by atoms with E-state index in [1.807, 2.05) is 25.1 Å². The van der Waals surface area contributed by atoms with Gasteiger partial charge < -0.3 is 10.1 Å². The summed E-state index contributed by atoms with van der Waals surface area (Å²) in [6.45, 7) is 6.02. The lowest BCUT2D eigenvalue weighted by Crippen LogP contribution is -2.33. The van der Waals surface area contributed by atoms with Crippen LogP contribution in [-0.2, 0) is 17.6 Å². The maximum Gasteiger partial charge on any atom is 0.265 e. The van der Waals surface area contributed by atoms with Crippen molar-refractivity contribution in [3.8, 4) is 5.75 Å². The van der Waals surface area contributed by atoms with Crippen LogP contribution in [0.1, 0.15) is 38.3 Å². The lowest BCUT2D eigenvalue weighted by Gasteiger charge is -2.20. The van der Waals surface area contributed by atoms with E-state index in [0.29, 0.717) is 12.2 Å². The highest BCUT2D eigenvalue weighted by molar-refractivity contribution is 5.95. The Balaban J connectivity index is 2.16. The van der Waals surface area contributed by atoms with Gasteiger partial charge in [-0.1, -0.05) is 39.0 Å². The standard InChI is InChI=1S/C20H24FNO2/c1-4-14-8-7-9-15(5-2)19(14)22-20(23)18(6-3)24-17-12-10-16(21)11-13-17/h7-13,18H,4-6H2,1-3H3,(H,22,23)/t18-/m0/s1. The fourth-order valence-corrected chi connectivity index (χ4v) is 2.61. The largest absolute Gasteiger partial charge is 0.481 e. The normalized spacial score (nSPS) is 11.8. The third-order valence-corrected chi connectivity index (χ3v) is 4.00. The summed E-state index contributed by atoms with van der Waals surface area (Å²) in [6.07, 6.45) is 1.60. The zero-order chi connectivity index (χ0) is 17.5. The number of rotatable bonds is 7. The van der Waals surface area contributed by atoms with Crippen LogP contribution in [0.3, 0.4) is 0 Å². The summed E-state index contributed by atoms with van der Waals surface area (Å²) in [6, 6.07) is 11.8. The maximum absolute atomic E-state index is 13.0. The summed E-state index contributed by atoms with van der Waals surface area (Å²) in [7, 11) is 0. The van der Waals surface area contributed by atoms with Crippen LogP contribution < -0.4 is 10.1 Å². The van der Waals surface area contributed by atoms with Crippen LogP contribution in [-0.4, -0.2) is 12.0 Å². The summed E-state index contributed by atoms with van der Waals surface area (Å²) in [4.78, 5) is 12.6. The first kappa shape index (κ1) is 18.0. The van der Waals surface area contributed by atoms with Crippen molar-refractivity contribution in [1.29, 1.82) is 0 Å². The van der Waals surface area contributed by atoms with Gasteiger partial charge >= 0.3 is 0 Å². The molecule has 128 valence electrons. The molecule has 0 bridgehead atoms. The average molecular weight is 329 g/mol. The van der Waals surface area contributed by atoms with Crippen molar-refractivity contribution in [2.24, 2.45) is 0 Å². The minimum absolute atomic E-state index is 0.183. The number of halogens is 1. The Bertz CT molecular complexity index is 660. The third-order valence-electron chi connectivity index (χ3n) is 4.00. The second-order valence-corrected chi connectivity index (χ2v) is 5.62. The van der Waals surface area contributed by atoms with Gasteiger partial charge in [0, 0.05) is 5.69 Å². The lowest BCUT2D eigenvalue weighted by molar-refractivity contribution is -0.122. The van der Waals surface area contributed by atoms with Crippen LogP contribution in [0.25, 0.3) is 0 Å². The SMILES string of the molecule is CCc1cccc(CC)c1NC(=O)[C@H](CC)Oc1ccc(F)cc1. The minimum atomic E-state index is -0.620. The fourth-order valence-electron chi connectivity index (χ4n) is 2.61. The van der Waals surface area contributed by atoms with Gasteiger partial charge in [-0.15, -0.1) is 0 Å². The van der Waals surface area contributed by atoms with Crippen molar-refractivity contribution in [3.63, 3.8) is 0 Å². The quantitative estimate of drug-likeness (QED) is 0.796. The molecule has 2 rings (SSSR count). The van der Waals surface area contributed by atoms with E-state index in [9.17, 15) is 9.18 Å². The Kier molecular flexibility index (Phi) is 6.36. The molecular formula is C20H24FNO2. The van der Waals surface area contributed by atoms with Gasteiger partial charge in [-0.3, -0.25) is 4.79 Å². The van der Waals surface area contributed by atoms with E-state index in [0.717, 1.165) is 29.7 Å². The number of aryl methyl sites for hydroxylation is 2. The van der Waals surface area contributed by atoms with E-state index >= 15 is 0 Å². The molecule has 2 aromatic rings. The van der Waals surface area contributed by atoms with Gasteiger partial charge in [-0.05, 0) is 54.7 Å². The molecule has 0 heterocycles. The summed E-state index contributed by atoms with van der Waals surface area (Å²) < 4.78 is 18.7. The Hall–Kier alpha value is -2.36. The molecule has 24 heavy (non-hydrogen) atoms. The third kappa shape index (κ3) is 4.34. The van der Waals surface area contributed by atoms with Gasteiger partial charge in [-0.25, -0.2) is 4.39 Å². The van der Waals surface area contributed by atoms with Gasteiger partial charge in [0.15, 0.2) is 6.10 Å². The molecule has 0 saturated carbocycles. The first-order chi connectivity index (χ1) is 11.6. The predicted octanol–water partition coefficient (Wildman–Crippen LogP) is 4.75. The van der Waals surface area contributed by atoms with Crippen LogP contribution in [0, 0.1) is 5.82 Å². The Labute approximate surface area is 142 Å². The van der Waals surface area contributed by atoms with Crippen molar-refractivity contribution in [3.05, 3.63) is 59.4 Å². The van der Waals surface area contributed by atoms with Gasteiger partial charge in [-0.2, -0.15) is 0 Å². The number of anilines is 1. The van der Waals surface area contributed by atoms with E-state index in [4.69, 9.17) is 4.74 Å². The van der Waals surface area contributed by atoms with Gasteiger partial charge in [0.1, 0.15) is 11.6 Å². The summed E-state index contributed by atoms with van der Waals surface area (Å²) in [5, 5.41) is 3.03. The van der Waals surface area contributed by atoms with E-state index < -0.39 is 6.10 Å². The Morgan fingerprint density at radius 3 is 2.12 bits per heavy atom. The molecule has 0 aliphatic rings. The topological polar surface area (TPSA) is 38.3 Å². The molecule has 0 spiro atoms. The van der Waals surface area contributed by atoms with Crippen molar-refractivity contribution >= 4 is 11.6 Å². The Morgan fingerprint density at radius 2 is 1.62 bits per heavy atom. The van der Waals surface area contributed by atoms with Gasteiger partial charge in [0.05, 0.1) is 0 Å². The summed E-state index contributed by atoms with van der Waals surface area (Å²) >= 11 is 0. The van der Waals surface area contributed by atoms with Gasteiger partial charge in [0.2, 0.25) is 0 Å². The highest BCUT2D eigenvalue weighted by Crippen LogP contribution is 2.23. The molecule has 0 fully saturated rings. The molecule has 3 nitrogen and oxygen atoms in total. The molecule has 0 aliphatic heterocycles. The minimum Gasteiger partial charge on any atom is -0.481 e. The van der Waals surface area contributed by atoms with E-state index in [2.05, 4.69) is 19.2 Å². The number of benzene rings is 2. The summed E-state index contributed by atoms with van der Waals surface area (Å²) in [5.74, 6) is -0.0281. The molecule has 0 aliphatic carbocycles. The van der Waals surface area contributed by atoms with Crippen LogP contribution in [0.2, 0.25) is 0 Å². The van der Waals surface area contributed by atoms with Crippen molar-refractivity contribution in [2.45, 2.75) is 46.1 Å². The van der Waals surface area contributed by atoms with Crippen molar-refractivity contribution in [2.75, 3.05) is 5.32 Å². The molecule has 4 heteroatoms. The highest BCUT2D eigenvalue weighted by Gasteiger charge is 2.20. The molecule has 1 N–H and O–H groups in total. The monoisotopic (exact) mass is 329 g/mol. The number of amides is 1. The van der Waals surface area contributed by atoms with Crippen LogP contribution in [0.4, 0.5) is 10.1 Å². The molecular weight excluding hydrogens is 305 g/mol. The number of para-hydroxylation sites is 1. The second-order valence-electron chi connectivity index (χ2n) is 5.62. The Morgan fingerprint density at radius 1 is 1.04 bits per heavy atom. The molecule has 0 aromatic heterocycles. The van der Waals surface area contributed by atoms with Crippen LogP contribution >= 0.6 is 0 Å². The number of nitrogens with one attached hydrogen (secondary N) is 1. The zero-order valence-electron chi connectivity index (χ0n) is 14.4. The molecule has 0 unspecified atom stereocenters. The van der Waals surface area contributed by atoms with E-state index in [-0.39, 0.29) is 11.7 Å². The number of ether oxygens (including phenoxy) is 1. The van der Waals surface area contributed by atoms with Crippen molar-refractivity contribution < 1.29 is 13.9 Å². The van der Waals surface area contributed by atoms with E-state index in [1.165, 1.54) is 24.3 Å². The smallest absolute Gasteiger partial charge is 0.265 e. The fraction of sp³-hybridized carbons (Fsp3) is 0.350. The first-order valence-corrected chi connectivity index (χ1v) is 8.42. The second kappa shape index (κ2) is 8.48. The molecule has 0 radical (unpaired) electrons. The van der Waals surface area contributed by atoms with Crippen LogP contribution in [0.5, 0.6) is 5.75 Å². The molecule has 0 saturated heterocycles. The maximum atomic E-state index is 13.0. The average Bonchev–Trinajstić information content (AvgIpc) is 2.61. The summed E-state index contributed by atoms with van der Waals surface area (Å²) in [5.41, 5.74) is 3.10. The highest BCUT2D eigenvalue weighted by atomic mass is 19.1. The predicted molar refractivity (Wildman–Crippen MR) is 94.9 cm³/mol. The zero-order valence-corrected chi connectivity index (χ0v) is 14.4. The van der Waals surface area contributed by atoms with Crippen molar-refractivity contribution in [1.82, 2.24) is 0 Å². The number of carbonyl (C=O) groups is 1. The first-order valence-electron chi connectivity index (χ1n) is 8.42. The lowest BCUT2D eigenvalue weighted by atomic mass is 10.0. The van der Waals surface area contributed by atoms with E-state index in [1.54, 1.807) is 0 Å². The number of hydrogen-bond acceptors (Lipinski definition) is 2. The van der Waals surface area contributed by atoms with Crippen LogP contribution in [0.15, 0.2) is 42.5 Å².